The van der Waals surface area contributed by atoms with Gasteiger partial charge in [0.15, 0.2) is 0 Å². The molecule has 3 heterocycles. The Balaban J connectivity index is 1.65. The Morgan fingerprint density at radius 1 is 1.30 bits per heavy atom. The van der Waals surface area contributed by atoms with E-state index in [1.165, 1.54) is 35.1 Å². The van der Waals surface area contributed by atoms with E-state index in [1.54, 1.807) is 6.33 Å². The number of nitrogens with zero attached hydrogens (tertiary/aromatic N) is 3. The molecule has 2 aliphatic rings. The number of aryl methyl sites for hydroxylation is 2. The van der Waals surface area contributed by atoms with Gasteiger partial charge in [0.25, 0.3) is 0 Å². The third-order valence-corrected chi connectivity index (χ3v) is 6.07. The van der Waals surface area contributed by atoms with E-state index < -0.39 is 0 Å². The van der Waals surface area contributed by atoms with Crippen LogP contribution in [0, 0.1) is 0 Å². The second-order valence-corrected chi connectivity index (χ2v) is 7.88. The largest absolute Gasteiger partial charge is 0.364 e. The molecule has 0 saturated carbocycles. The van der Waals surface area contributed by atoms with Gasteiger partial charge in [-0.2, -0.15) is 0 Å². The third kappa shape index (κ3) is 2.59. The lowest BCUT2D eigenvalue weighted by molar-refractivity contribution is -0.129. The summed E-state index contributed by atoms with van der Waals surface area (Å²) in [5.74, 6) is 1.15. The van der Waals surface area contributed by atoms with Crippen molar-refractivity contribution < 1.29 is 4.79 Å². The molecule has 1 aliphatic heterocycles. The maximum Gasteiger partial charge on any atom is 0.225 e. The van der Waals surface area contributed by atoms with Crippen molar-refractivity contribution in [2.24, 2.45) is 0 Å². The van der Waals surface area contributed by atoms with Crippen LogP contribution in [0.3, 0.4) is 0 Å². The van der Waals surface area contributed by atoms with Crippen molar-refractivity contribution in [3.8, 4) is 0 Å². The molecule has 0 radical (unpaired) electrons. The molecule has 1 aliphatic carbocycles. The van der Waals surface area contributed by atoms with Crippen LogP contribution in [0.4, 0.5) is 5.82 Å². The molecule has 1 N–H and O–H groups in total. The van der Waals surface area contributed by atoms with Crippen molar-refractivity contribution in [1.82, 2.24) is 14.9 Å². The zero-order chi connectivity index (χ0) is 16.0. The van der Waals surface area contributed by atoms with Gasteiger partial charge in [-0.15, -0.1) is 11.3 Å². The van der Waals surface area contributed by atoms with Gasteiger partial charge in [0.2, 0.25) is 5.91 Å². The van der Waals surface area contributed by atoms with Crippen LogP contribution in [0.1, 0.15) is 43.6 Å². The standard InChI is InChI=1S/C17H22N4OS/c1-10(2)21-8-11(7-14(21)22)20-16-15-12-5-3-4-6-13(12)23-17(15)19-9-18-16/h9-11H,3-8H2,1-2H3,(H,18,19,20)/t11-/m0/s1. The number of rotatable bonds is 3. The fourth-order valence-electron chi connectivity index (χ4n) is 3.72. The summed E-state index contributed by atoms with van der Waals surface area (Å²) in [5.41, 5.74) is 1.43. The van der Waals surface area contributed by atoms with Crippen LogP contribution >= 0.6 is 11.3 Å². The summed E-state index contributed by atoms with van der Waals surface area (Å²) in [6.45, 7) is 4.89. The molecule has 2 aromatic heterocycles. The summed E-state index contributed by atoms with van der Waals surface area (Å²) in [7, 11) is 0. The van der Waals surface area contributed by atoms with Crippen LogP contribution in [0.2, 0.25) is 0 Å². The first kappa shape index (κ1) is 14.9. The lowest BCUT2D eigenvalue weighted by Gasteiger charge is -2.21. The molecule has 4 rings (SSSR count). The molecule has 1 fully saturated rings. The molecule has 1 amide bonds. The minimum absolute atomic E-state index is 0.141. The van der Waals surface area contributed by atoms with Crippen LogP contribution in [-0.2, 0) is 17.6 Å². The predicted octanol–water partition coefficient (Wildman–Crippen LogP) is 2.99. The molecule has 0 spiro atoms. The minimum Gasteiger partial charge on any atom is -0.364 e. The van der Waals surface area contributed by atoms with Crippen LogP contribution in [0.25, 0.3) is 10.2 Å². The second kappa shape index (κ2) is 5.74. The van der Waals surface area contributed by atoms with Gasteiger partial charge in [-0.1, -0.05) is 0 Å². The van der Waals surface area contributed by atoms with E-state index in [9.17, 15) is 4.79 Å². The molecule has 1 saturated heterocycles. The van der Waals surface area contributed by atoms with E-state index in [-0.39, 0.29) is 18.0 Å². The number of likely N-dealkylation sites (tertiary alicyclic amines) is 1. The number of anilines is 1. The Morgan fingerprint density at radius 3 is 2.91 bits per heavy atom. The van der Waals surface area contributed by atoms with Crippen molar-refractivity contribution in [3.63, 3.8) is 0 Å². The quantitative estimate of drug-likeness (QED) is 0.940. The van der Waals surface area contributed by atoms with Crippen molar-refractivity contribution in [3.05, 3.63) is 16.8 Å². The zero-order valence-electron chi connectivity index (χ0n) is 13.6. The average Bonchev–Trinajstić information content (AvgIpc) is 3.08. The molecule has 2 aromatic rings. The summed E-state index contributed by atoms with van der Waals surface area (Å²) in [6, 6.07) is 0.399. The molecule has 6 heteroatoms. The van der Waals surface area contributed by atoms with E-state index in [4.69, 9.17) is 0 Å². The number of carbonyl (C=O) groups is 1. The molecular formula is C17H22N4OS. The van der Waals surface area contributed by atoms with Gasteiger partial charge in [0, 0.05) is 23.9 Å². The summed E-state index contributed by atoms with van der Waals surface area (Å²) in [6.07, 6.45) is 7.00. The van der Waals surface area contributed by atoms with Crippen molar-refractivity contribution >= 4 is 33.3 Å². The average molecular weight is 330 g/mol. The molecule has 0 unspecified atom stereocenters. The molecule has 0 bridgehead atoms. The minimum atomic E-state index is 0.141. The molecule has 23 heavy (non-hydrogen) atoms. The summed E-state index contributed by atoms with van der Waals surface area (Å²) < 4.78 is 0. The van der Waals surface area contributed by atoms with Crippen LogP contribution in [0.5, 0.6) is 0 Å². The predicted molar refractivity (Wildman–Crippen MR) is 92.9 cm³/mol. The maximum atomic E-state index is 12.1. The Kier molecular flexibility index (Phi) is 3.71. The van der Waals surface area contributed by atoms with Gasteiger partial charge < -0.3 is 10.2 Å². The highest BCUT2D eigenvalue weighted by Crippen LogP contribution is 2.38. The van der Waals surface area contributed by atoms with E-state index in [0.717, 1.165) is 23.6 Å². The van der Waals surface area contributed by atoms with Gasteiger partial charge in [0.1, 0.15) is 17.0 Å². The third-order valence-electron chi connectivity index (χ3n) is 4.87. The molecule has 1 atom stereocenters. The van der Waals surface area contributed by atoms with Crippen molar-refractivity contribution in [2.75, 3.05) is 11.9 Å². The number of fused-ring (bicyclic) bond motifs is 3. The maximum absolute atomic E-state index is 12.1. The van der Waals surface area contributed by atoms with Gasteiger partial charge in [-0.05, 0) is 45.1 Å². The lowest BCUT2D eigenvalue weighted by atomic mass is 9.97. The molecular weight excluding hydrogens is 308 g/mol. The summed E-state index contributed by atoms with van der Waals surface area (Å²) in [5, 5.41) is 4.73. The zero-order valence-corrected chi connectivity index (χ0v) is 14.4. The van der Waals surface area contributed by atoms with Crippen molar-refractivity contribution in [2.45, 2.75) is 58.0 Å². The Labute approximate surface area is 140 Å². The van der Waals surface area contributed by atoms with E-state index in [1.807, 2.05) is 16.2 Å². The number of nitrogens with one attached hydrogen (secondary N) is 1. The highest BCUT2D eigenvalue weighted by atomic mass is 32.1. The highest BCUT2D eigenvalue weighted by molar-refractivity contribution is 7.19. The normalized spacial score (nSPS) is 21.3. The Bertz CT molecular complexity index is 754. The number of carbonyl (C=O) groups excluding carboxylic acids is 1. The number of hydrogen-bond acceptors (Lipinski definition) is 5. The number of aromatic nitrogens is 2. The van der Waals surface area contributed by atoms with Gasteiger partial charge in [-0.3, -0.25) is 4.79 Å². The van der Waals surface area contributed by atoms with Crippen LogP contribution in [-0.4, -0.2) is 39.4 Å². The first-order valence-electron chi connectivity index (χ1n) is 8.44. The number of thiophene rings is 1. The second-order valence-electron chi connectivity index (χ2n) is 6.80. The van der Waals surface area contributed by atoms with Gasteiger partial charge in [0.05, 0.1) is 11.4 Å². The smallest absolute Gasteiger partial charge is 0.225 e. The monoisotopic (exact) mass is 330 g/mol. The van der Waals surface area contributed by atoms with Gasteiger partial charge in [-0.25, -0.2) is 9.97 Å². The lowest BCUT2D eigenvalue weighted by Crippen LogP contribution is -2.33. The fourth-order valence-corrected chi connectivity index (χ4v) is 4.95. The Morgan fingerprint density at radius 2 is 2.13 bits per heavy atom. The van der Waals surface area contributed by atoms with E-state index in [0.29, 0.717) is 6.42 Å². The van der Waals surface area contributed by atoms with Crippen LogP contribution < -0.4 is 5.32 Å². The van der Waals surface area contributed by atoms with Crippen molar-refractivity contribution in [1.29, 1.82) is 0 Å². The first-order valence-corrected chi connectivity index (χ1v) is 9.26. The molecule has 5 nitrogen and oxygen atoms in total. The number of amides is 1. The summed E-state index contributed by atoms with van der Waals surface area (Å²) >= 11 is 1.81. The first-order chi connectivity index (χ1) is 11.1. The van der Waals surface area contributed by atoms with E-state index in [2.05, 4.69) is 29.1 Å². The van der Waals surface area contributed by atoms with Gasteiger partial charge >= 0.3 is 0 Å². The topological polar surface area (TPSA) is 58.1 Å². The highest BCUT2D eigenvalue weighted by Gasteiger charge is 2.32. The fraction of sp³-hybridized carbons (Fsp3) is 0.588. The Hall–Kier alpha value is -1.69. The summed E-state index contributed by atoms with van der Waals surface area (Å²) in [4.78, 5) is 25.6. The molecule has 122 valence electrons. The SMILES string of the molecule is CC(C)N1C[C@@H](Nc2ncnc3sc4c(c23)CCCC4)CC1=O. The number of hydrogen-bond donors (Lipinski definition) is 1. The molecule has 0 aromatic carbocycles. The van der Waals surface area contributed by atoms with Crippen LogP contribution in [0.15, 0.2) is 6.33 Å². The van der Waals surface area contributed by atoms with E-state index >= 15 is 0 Å².